The van der Waals surface area contributed by atoms with Crippen molar-refractivity contribution in [2.75, 3.05) is 7.11 Å². The fourth-order valence-electron chi connectivity index (χ4n) is 1.69. The second-order valence-electron chi connectivity index (χ2n) is 4.38. The Morgan fingerprint density at radius 2 is 1.96 bits per heavy atom. The van der Waals surface area contributed by atoms with Crippen LogP contribution in [0.15, 0.2) is 44.4 Å². The van der Waals surface area contributed by atoms with E-state index in [1.54, 1.807) is 37.4 Å². The summed E-state index contributed by atoms with van der Waals surface area (Å²) in [7, 11) is 1.55. The summed E-state index contributed by atoms with van der Waals surface area (Å²) in [4.78, 5) is 12.1. The molecule has 0 radical (unpaired) electrons. The average Bonchev–Trinajstić information content (AvgIpc) is 2.52. The van der Waals surface area contributed by atoms with E-state index in [2.05, 4.69) is 65.0 Å². The maximum atomic E-state index is 12.1. The van der Waals surface area contributed by atoms with Crippen molar-refractivity contribution in [2.45, 2.75) is 0 Å². The van der Waals surface area contributed by atoms with Crippen molar-refractivity contribution in [1.82, 2.24) is 5.43 Å². The number of nitrogens with zero attached hydrogens (tertiary/aromatic N) is 1. The summed E-state index contributed by atoms with van der Waals surface area (Å²) in [6.45, 7) is 0. The van der Waals surface area contributed by atoms with Gasteiger partial charge in [-0.2, -0.15) is 5.10 Å². The predicted molar refractivity (Wildman–Crippen MR) is 104 cm³/mol. The lowest BCUT2D eigenvalue weighted by molar-refractivity contribution is 0.0954. The van der Waals surface area contributed by atoms with Gasteiger partial charge in [-0.25, -0.2) is 5.43 Å². The molecule has 0 aliphatic rings. The van der Waals surface area contributed by atoms with Gasteiger partial charge in [-0.05, 0) is 90.3 Å². The Bertz CT molecular complexity index is 758. The van der Waals surface area contributed by atoms with Crippen molar-refractivity contribution in [2.24, 2.45) is 5.10 Å². The van der Waals surface area contributed by atoms with Crippen LogP contribution >= 0.6 is 54.5 Å². The van der Waals surface area contributed by atoms with E-state index in [9.17, 15) is 9.90 Å². The summed E-state index contributed by atoms with van der Waals surface area (Å²) >= 11 is 8.60. The minimum Gasteiger partial charge on any atom is -0.506 e. The van der Waals surface area contributed by atoms with E-state index in [1.165, 1.54) is 6.21 Å². The molecule has 0 aromatic heterocycles. The number of carbonyl (C=O) groups is 1. The Morgan fingerprint density at radius 3 is 2.57 bits per heavy atom. The van der Waals surface area contributed by atoms with E-state index in [0.29, 0.717) is 25.8 Å². The minimum atomic E-state index is -0.340. The number of hydrazone groups is 1. The Labute approximate surface area is 163 Å². The van der Waals surface area contributed by atoms with Gasteiger partial charge in [-0.3, -0.25) is 4.79 Å². The fraction of sp³-hybridized carbons (Fsp3) is 0.0667. The van der Waals surface area contributed by atoms with E-state index >= 15 is 0 Å². The zero-order chi connectivity index (χ0) is 17.0. The van der Waals surface area contributed by atoms with Crippen LogP contribution in [0.25, 0.3) is 0 Å². The van der Waals surface area contributed by atoms with Crippen molar-refractivity contribution >= 4 is 66.6 Å². The van der Waals surface area contributed by atoms with Crippen molar-refractivity contribution in [3.05, 3.63) is 54.0 Å². The molecule has 5 nitrogen and oxygen atoms in total. The number of carbonyl (C=O) groups excluding carboxylic acids is 1. The average molecular weight is 554 g/mol. The largest absolute Gasteiger partial charge is 0.506 e. The SMILES string of the molecule is COc1cc(C(=O)N/N=C\c2cc(Br)c(O)c(Br)c2)ccc1I. The first-order chi connectivity index (χ1) is 10.9. The van der Waals surface area contributed by atoms with Gasteiger partial charge < -0.3 is 9.84 Å². The van der Waals surface area contributed by atoms with Crippen molar-refractivity contribution in [3.63, 3.8) is 0 Å². The lowest BCUT2D eigenvalue weighted by Crippen LogP contribution is -2.17. The van der Waals surface area contributed by atoms with Gasteiger partial charge in [0.1, 0.15) is 11.5 Å². The third kappa shape index (κ3) is 4.67. The third-order valence-corrected chi connectivity index (χ3v) is 4.93. The van der Waals surface area contributed by atoms with Crippen LogP contribution in [0.1, 0.15) is 15.9 Å². The van der Waals surface area contributed by atoms with Gasteiger partial charge in [0.25, 0.3) is 5.91 Å². The molecule has 2 aromatic rings. The van der Waals surface area contributed by atoms with Crippen LogP contribution in [-0.4, -0.2) is 24.3 Å². The summed E-state index contributed by atoms with van der Waals surface area (Å²) in [6.07, 6.45) is 1.48. The van der Waals surface area contributed by atoms with Crippen LogP contribution in [0.3, 0.4) is 0 Å². The van der Waals surface area contributed by atoms with Crippen LogP contribution in [-0.2, 0) is 0 Å². The number of hydrogen-bond acceptors (Lipinski definition) is 4. The van der Waals surface area contributed by atoms with Crippen LogP contribution in [0.2, 0.25) is 0 Å². The normalized spacial score (nSPS) is 10.8. The topological polar surface area (TPSA) is 70.9 Å². The van der Waals surface area contributed by atoms with E-state index in [0.717, 1.165) is 3.57 Å². The summed E-state index contributed by atoms with van der Waals surface area (Å²) in [5.41, 5.74) is 3.61. The smallest absolute Gasteiger partial charge is 0.271 e. The number of phenolic OH excluding ortho intramolecular Hbond substituents is 1. The molecule has 0 fully saturated rings. The molecule has 0 saturated carbocycles. The van der Waals surface area contributed by atoms with Gasteiger partial charge in [0.05, 0.1) is 25.8 Å². The molecule has 8 heteroatoms. The molecule has 2 N–H and O–H groups in total. The molecule has 0 saturated heterocycles. The summed E-state index contributed by atoms with van der Waals surface area (Å²) < 4.78 is 7.17. The van der Waals surface area contributed by atoms with Gasteiger partial charge in [-0.15, -0.1) is 0 Å². The first kappa shape index (κ1) is 18.2. The zero-order valence-corrected chi connectivity index (χ0v) is 17.1. The number of hydrogen-bond donors (Lipinski definition) is 2. The highest BCUT2D eigenvalue weighted by Crippen LogP contribution is 2.32. The summed E-state index contributed by atoms with van der Waals surface area (Å²) in [6, 6.07) is 8.52. The van der Waals surface area contributed by atoms with Gasteiger partial charge in [0, 0.05) is 5.56 Å². The second kappa shape index (κ2) is 8.11. The number of benzene rings is 2. The highest BCUT2D eigenvalue weighted by atomic mass is 127. The molecule has 23 heavy (non-hydrogen) atoms. The highest BCUT2D eigenvalue weighted by molar-refractivity contribution is 14.1. The molecular weight excluding hydrogens is 543 g/mol. The molecule has 120 valence electrons. The quantitative estimate of drug-likeness (QED) is 0.337. The number of nitrogens with one attached hydrogen (secondary N) is 1. The van der Waals surface area contributed by atoms with Gasteiger partial charge in [0.15, 0.2) is 0 Å². The molecule has 0 heterocycles. The Hall–Kier alpha value is -1.13. The number of ether oxygens (including phenoxy) is 1. The molecule has 0 unspecified atom stereocenters. The lowest BCUT2D eigenvalue weighted by Gasteiger charge is -2.06. The Morgan fingerprint density at radius 1 is 1.30 bits per heavy atom. The maximum Gasteiger partial charge on any atom is 0.271 e. The zero-order valence-electron chi connectivity index (χ0n) is 11.8. The van der Waals surface area contributed by atoms with Crippen molar-refractivity contribution in [3.8, 4) is 11.5 Å². The Kier molecular flexibility index (Phi) is 6.42. The molecule has 0 bridgehead atoms. The molecule has 0 spiro atoms. The molecule has 2 aromatic carbocycles. The highest BCUT2D eigenvalue weighted by Gasteiger charge is 2.08. The first-order valence-electron chi connectivity index (χ1n) is 6.27. The van der Waals surface area contributed by atoms with Crippen LogP contribution < -0.4 is 10.2 Å². The van der Waals surface area contributed by atoms with Gasteiger partial charge in [0.2, 0.25) is 0 Å². The number of aromatic hydroxyl groups is 1. The van der Waals surface area contributed by atoms with E-state index in [1.807, 2.05) is 0 Å². The van der Waals surface area contributed by atoms with Gasteiger partial charge in [-0.1, -0.05) is 0 Å². The van der Waals surface area contributed by atoms with Crippen LogP contribution in [0, 0.1) is 3.57 Å². The van der Waals surface area contributed by atoms with E-state index in [4.69, 9.17) is 4.74 Å². The van der Waals surface area contributed by atoms with E-state index < -0.39 is 0 Å². The summed E-state index contributed by atoms with van der Waals surface area (Å²) in [5.74, 6) is 0.402. The number of halogens is 3. The van der Waals surface area contributed by atoms with Crippen LogP contribution in [0.4, 0.5) is 0 Å². The minimum absolute atomic E-state index is 0.108. The molecule has 0 atom stereocenters. The fourth-order valence-corrected chi connectivity index (χ4v) is 3.47. The molecule has 1 amide bonds. The lowest BCUT2D eigenvalue weighted by atomic mass is 10.2. The number of methoxy groups -OCH3 is 1. The van der Waals surface area contributed by atoms with E-state index in [-0.39, 0.29) is 11.7 Å². The monoisotopic (exact) mass is 552 g/mol. The van der Waals surface area contributed by atoms with Crippen LogP contribution in [0.5, 0.6) is 11.5 Å². The maximum absolute atomic E-state index is 12.1. The number of phenols is 1. The first-order valence-corrected chi connectivity index (χ1v) is 8.94. The number of amides is 1. The Balaban J connectivity index is 2.10. The second-order valence-corrected chi connectivity index (χ2v) is 7.25. The van der Waals surface area contributed by atoms with Gasteiger partial charge >= 0.3 is 0 Å². The standard InChI is InChI=1S/C15H11Br2IN2O3/c1-23-13-6-9(2-3-12(13)18)15(22)20-19-7-8-4-10(16)14(21)11(17)5-8/h2-7,21H,1H3,(H,20,22)/b19-7-. The number of rotatable bonds is 4. The molecule has 0 aliphatic heterocycles. The van der Waals surface area contributed by atoms with Crippen molar-refractivity contribution in [1.29, 1.82) is 0 Å². The summed E-state index contributed by atoms with van der Waals surface area (Å²) in [5, 5.41) is 13.6. The molecular formula is C15H11Br2IN2O3. The predicted octanol–water partition coefficient (Wildman–Crippen LogP) is 4.29. The molecule has 0 aliphatic carbocycles. The third-order valence-electron chi connectivity index (χ3n) is 2.83. The van der Waals surface area contributed by atoms with Crippen molar-refractivity contribution < 1.29 is 14.6 Å². The molecule has 2 rings (SSSR count).